The first kappa shape index (κ1) is 31.2. The van der Waals surface area contributed by atoms with Crippen LogP contribution in [0.15, 0.2) is 77.7 Å². The predicted octanol–water partition coefficient (Wildman–Crippen LogP) is 5.87. The maximum absolute atomic E-state index is 14.1. The minimum Gasteiger partial charge on any atom is -0.352 e. The number of carbonyl (C=O) groups excluding carboxylic acids is 2. The lowest BCUT2D eigenvalue weighted by molar-refractivity contribution is -0.140. The predicted molar refractivity (Wildman–Crippen MR) is 161 cm³/mol. The van der Waals surface area contributed by atoms with Gasteiger partial charge in [0.15, 0.2) is 0 Å². The van der Waals surface area contributed by atoms with Gasteiger partial charge in [-0.2, -0.15) is 0 Å². The smallest absolute Gasteiger partial charge is 0.264 e. The van der Waals surface area contributed by atoms with Crippen LogP contribution in [-0.2, 0) is 26.2 Å². The molecule has 3 rings (SSSR count). The number of amides is 2. The minimum absolute atomic E-state index is 0.0526. The zero-order chi connectivity index (χ0) is 29.4. The highest BCUT2D eigenvalue weighted by Crippen LogP contribution is 2.27. The van der Waals surface area contributed by atoms with Crippen LogP contribution in [-0.4, -0.2) is 43.8 Å². The monoisotopic (exact) mass is 583 g/mol. The van der Waals surface area contributed by atoms with Crippen LogP contribution in [0.2, 0.25) is 5.02 Å². The number of rotatable bonds is 12. The summed E-state index contributed by atoms with van der Waals surface area (Å²) < 4.78 is 29.0. The Kier molecular flexibility index (Phi) is 10.8. The van der Waals surface area contributed by atoms with Crippen LogP contribution in [0.5, 0.6) is 0 Å². The van der Waals surface area contributed by atoms with E-state index in [0.29, 0.717) is 22.7 Å². The van der Waals surface area contributed by atoms with Gasteiger partial charge in [-0.1, -0.05) is 67.9 Å². The van der Waals surface area contributed by atoms with Crippen LogP contribution in [0.4, 0.5) is 5.69 Å². The van der Waals surface area contributed by atoms with Crippen molar-refractivity contribution in [2.45, 2.75) is 71.0 Å². The Balaban J connectivity index is 2.09. The van der Waals surface area contributed by atoms with Crippen molar-refractivity contribution in [3.63, 3.8) is 0 Å². The molecule has 2 atom stereocenters. The number of hydrogen-bond acceptors (Lipinski definition) is 4. The molecule has 0 bridgehead atoms. The van der Waals surface area contributed by atoms with E-state index in [1.165, 1.54) is 17.0 Å². The molecule has 2 amide bonds. The Morgan fingerprint density at radius 2 is 1.50 bits per heavy atom. The third-order valence-corrected chi connectivity index (χ3v) is 8.95. The van der Waals surface area contributed by atoms with Crippen molar-refractivity contribution in [1.29, 1.82) is 0 Å². The summed E-state index contributed by atoms with van der Waals surface area (Å²) in [4.78, 5) is 29.0. The summed E-state index contributed by atoms with van der Waals surface area (Å²) >= 11 is 6.45. The molecule has 0 aromatic heterocycles. The zero-order valence-corrected chi connectivity index (χ0v) is 25.3. The van der Waals surface area contributed by atoms with Gasteiger partial charge >= 0.3 is 0 Å². The van der Waals surface area contributed by atoms with Gasteiger partial charge < -0.3 is 10.2 Å². The fourth-order valence-corrected chi connectivity index (χ4v) is 6.13. The quantitative estimate of drug-likeness (QED) is 0.289. The molecule has 3 aromatic carbocycles. The molecule has 0 heterocycles. The summed E-state index contributed by atoms with van der Waals surface area (Å²) in [6.45, 7) is 9.02. The van der Waals surface area contributed by atoms with E-state index in [0.717, 1.165) is 21.9 Å². The summed E-state index contributed by atoms with van der Waals surface area (Å²) in [6.07, 6.45) is 1.07. The minimum atomic E-state index is -4.11. The summed E-state index contributed by atoms with van der Waals surface area (Å²) in [5.74, 6) is -0.800. The van der Waals surface area contributed by atoms with E-state index in [9.17, 15) is 18.0 Å². The third kappa shape index (κ3) is 7.64. The van der Waals surface area contributed by atoms with Crippen molar-refractivity contribution < 1.29 is 18.0 Å². The third-order valence-electron chi connectivity index (χ3n) is 6.79. The second kappa shape index (κ2) is 13.8. The molecule has 1 N–H and O–H groups in total. The van der Waals surface area contributed by atoms with Gasteiger partial charge in [0.05, 0.1) is 10.6 Å². The van der Waals surface area contributed by atoms with Gasteiger partial charge in [0, 0.05) is 17.6 Å². The maximum atomic E-state index is 14.1. The van der Waals surface area contributed by atoms with Crippen molar-refractivity contribution in [2.75, 3.05) is 10.8 Å². The normalized spacial score (nSPS) is 12.8. The van der Waals surface area contributed by atoms with E-state index in [4.69, 9.17) is 11.6 Å². The number of nitrogens with zero attached hydrogens (tertiary/aromatic N) is 2. The molecule has 214 valence electrons. The average Bonchev–Trinajstić information content (AvgIpc) is 2.92. The van der Waals surface area contributed by atoms with Crippen LogP contribution < -0.4 is 9.62 Å². The van der Waals surface area contributed by atoms with E-state index in [2.05, 4.69) is 5.32 Å². The molecule has 0 radical (unpaired) electrons. The molecule has 0 aliphatic carbocycles. The first-order valence-corrected chi connectivity index (χ1v) is 15.3. The summed E-state index contributed by atoms with van der Waals surface area (Å²) in [5, 5.41) is 3.43. The molecule has 0 saturated heterocycles. The van der Waals surface area contributed by atoms with E-state index in [1.807, 2.05) is 46.8 Å². The Bertz CT molecular complexity index is 1410. The van der Waals surface area contributed by atoms with Crippen molar-refractivity contribution in [1.82, 2.24) is 10.2 Å². The molecule has 0 unspecified atom stereocenters. The lowest BCUT2D eigenvalue weighted by Gasteiger charge is -2.34. The number of halogens is 1. The van der Waals surface area contributed by atoms with Crippen LogP contribution in [0.25, 0.3) is 0 Å². The second-order valence-corrected chi connectivity index (χ2v) is 12.3. The van der Waals surface area contributed by atoms with Gasteiger partial charge in [-0.05, 0) is 80.6 Å². The van der Waals surface area contributed by atoms with Crippen molar-refractivity contribution in [3.8, 4) is 0 Å². The van der Waals surface area contributed by atoms with Gasteiger partial charge in [-0.3, -0.25) is 13.9 Å². The molecule has 0 aliphatic heterocycles. The molecule has 40 heavy (non-hydrogen) atoms. The van der Waals surface area contributed by atoms with E-state index in [1.54, 1.807) is 48.5 Å². The molecule has 7 nitrogen and oxygen atoms in total. The topological polar surface area (TPSA) is 86.8 Å². The molecule has 0 aliphatic rings. The molecule has 9 heteroatoms. The highest BCUT2D eigenvalue weighted by atomic mass is 35.5. The summed E-state index contributed by atoms with van der Waals surface area (Å²) in [5.41, 5.74) is 2.77. The van der Waals surface area contributed by atoms with E-state index in [-0.39, 0.29) is 23.4 Å². The molecular weight excluding hydrogens is 546 g/mol. The fraction of sp³-hybridized carbons (Fsp3) is 0.355. The SMILES string of the molecule is CC[C@H](C)NC(=O)[C@H](CC)N(Cc1ccccc1Cl)C(=O)CN(c1cc(C)cc(C)c1)S(=O)(=O)c1ccccc1. The van der Waals surface area contributed by atoms with E-state index >= 15 is 0 Å². The van der Waals surface area contributed by atoms with Gasteiger partial charge in [0.25, 0.3) is 10.0 Å². The summed E-state index contributed by atoms with van der Waals surface area (Å²) in [6, 6.07) is 19.7. The molecule has 0 spiro atoms. The first-order valence-electron chi connectivity index (χ1n) is 13.5. The Labute approximate surface area is 243 Å². The van der Waals surface area contributed by atoms with Crippen LogP contribution >= 0.6 is 11.6 Å². The number of anilines is 1. The van der Waals surface area contributed by atoms with Crippen molar-refractivity contribution in [3.05, 3.63) is 94.5 Å². The van der Waals surface area contributed by atoms with Crippen LogP contribution in [0.3, 0.4) is 0 Å². The second-order valence-electron chi connectivity index (χ2n) is 10.0. The highest BCUT2D eigenvalue weighted by molar-refractivity contribution is 7.92. The number of aryl methyl sites for hydroxylation is 2. The van der Waals surface area contributed by atoms with Crippen molar-refractivity contribution >= 4 is 39.1 Å². The summed E-state index contributed by atoms with van der Waals surface area (Å²) in [7, 11) is -4.11. The van der Waals surface area contributed by atoms with E-state index < -0.39 is 28.5 Å². The number of carbonyl (C=O) groups is 2. The number of sulfonamides is 1. The fourth-order valence-electron chi connectivity index (χ4n) is 4.51. The lowest BCUT2D eigenvalue weighted by atomic mass is 10.1. The molecular formula is C31H38ClN3O4S. The van der Waals surface area contributed by atoms with Gasteiger partial charge in [-0.15, -0.1) is 0 Å². The lowest BCUT2D eigenvalue weighted by Crippen LogP contribution is -2.53. The average molecular weight is 584 g/mol. The van der Waals surface area contributed by atoms with Gasteiger partial charge in [0.1, 0.15) is 12.6 Å². The maximum Gasteiger partial charge on any atom is 0.264 e. The molecule has 3 aromatic rings. The largest absolute Gasteiger partial charge is 0.352 e. The zero-order valence-electron chi connectivity index (χ0n) is 23.7. The molecule has 0 fully saturated rings. The first-order chi connectivity index (χ1) is 19.0. The standard InChI is InChI=1S/C31H38ClN3O4S/c1-6-24(5)33-31(37)29(7-2)34(20-25-13-11-12-16-28(25)32)30(36)21-35(26-18-22(3)17-23(4)19-26)40(38,39)27-14-9-8-10-15-27/h8-19,24,29H,6-7,20-21H2,1-5H3,(H,33,37)/t24-,29-/m0/s1. The van der Waals surface area contributed by atoms with Crippen LogP contribution in [0.1, 0.15) is 50.3 Å². The number of hydrogen-bond donors (Lipinski definition) is 1. The number of benzene rings is 3. The Morgan fingerprint density at radius 3 is 2.08 bits per heavy atom. The van der Waals surface area contributed by atoms with Gasteiger partial charge in [-0.25, -0.2) is 8.42 Å². The highest BCUT2D eigenvalue weighted by Gasteiger charge is 2.34. The number of nitrogens with one attached hydrogen (secondary N) is 1. The van der Waals surface area contributed by atoms with Gasteiger partial charge in [0.2, 0.25) is 11.8 Å². The Hall–Kier alpha value is -3.36. The van der Waals surface area contributed by atoms with Crippen LogP contribution in [0, 0.1) is 13.8 Å². The molecule has 0 saturated carbocycles. The Morgan fingerprint density at radius 1 is 0.900 bits per heavy atom. The van der Waals surface area contributed by atoms with Crippen molar-refractivity contribution in [2.24, 2.45) is 0 Å².